The van der Waals surface area contributed by atoms with Crippen molar-refractivity contribution < 1.29 is 4.74 Å². The van der Waals surface area contributed by atoms with Crippen LogP contribution in [0.25, 0.3) is 0 Å². The molecule has 6 heteroatoms. The average Bonchev–Trinajstić information content (AvgIpc) is 2.49. The Morgan fingerprint density at radius 2 is 2.05 bits per heavy atom. The van der Waals surface area contributed by atoms with Gasteiger partial charge in [-0.3, -0.25) is 0 Å². The van der Waals surface area contributed by atoms with Gasteiger partial charge < -0.3 is 10.1 Å². The molecule has 0 saturated heterocycles. The average molecular weight is 333 g/mol. The highest BCUT2D eigenvalue weighted by molar-refractivity contribution is 9.10. The summed E-state index contributed by atoms with van der Waals surface area (Å²) in [5.74, 6) is 0.969. The number of halogens is 1. The van der Waals surface area contributed by atoms with Crippen molar-refractivity contribution in [2.75, 3.05) is 12.4 Å². The van der Waals surface area contributed by atoms with Gasteiger partial charge in [0, 0.05) is 0 Å². The third-order valence-electron chi connectivity index (χ3n) is 2.79. The second kappa shape index (κ2) is 6.35. The lowest BCUT2D eigenvalue weighted by Gasteiger charge is -2.14. The topological polar surface area (TPSA) is 70.8 Å². The van der Waals surface area contributed by atoms with E-state index >= 15 is 0 Å². The maximum atomic E-state index is 8.78. The monoisotopic (exact) mass is 332 g/mol. The van der Waals surface area contributed by atoms with Crippen molar-refractivity contribution in [3.63, 3.8) is 0 Å². The van der Waals surface area contributed by atoms with E-state index in [4.69, 9.17) is 10.00 Å². The van der Waals surface area contributed by atoms with Crippen LogP contribution in [-0.2, 0) is 0 Å². The molecule has 0 aliphatic rings. The zero-order valence-corrected chi connectivity index (χ0v) is 12.7. The van der Waals surface area contributed by atoms with Crippen LogP contribution < -0.4 is 10.1 Å². The van der Waals surface area contributed by atoms with Crippen molar-refractivity contribution in [3.05, 3.63) is 46.1 Å². The number of methoxy groups -OCH3 is 1. The first-order valence-electron chi connectivity index (χ1n) is 5.97. The van der Waals surface area contributed by atoms with E-state index in [2.05, 4.69) is 37.3 Å². The Kier molecular flexibility index (Phi) is 4.53. The Morgan fingerprint density at radius 3 is 2.65 bits per heavy atom. The minimum Gasteiger partial charge on any atom is -0.480 e. The number of ether oxygens (including phenoxy) is 1. The summed E-state index contributed by atoms with van der Waals surface area (Å²) in [5.41, 5.74) is 1.69. The zero-order chi connectivity index (χ0) is 14.5. The molecule has 0 spiro atoms. The molecule has 5 nitrogen and oxygen atoms in total. The van der Waals surface area contributed by atoms with Crippen molar-refractivity contribution in [3.8, 4) is 11.9 Å². The predicted molar refractivity (Wildman–Crippen MR) is 79.5 cm³/mol. The van der Waals surface area contributed by atoms with Crippen LogP contribution in [0.5, 0.6) is 5.88 Å². The molecular weight excluding hydrogens is 320 g/mol. The van der Waals surface area contributed by atoms with Gasteiger partial charge in [0.15, 0.2) is 0 Å². The van der Waals surface area contributed by atoms with Gasteiger partial charge in [-0.1, -0.05) is 12.1 Å². The normalized spacial score (nSPS) is 11.5. The van der Waals surface area contributed by atoms with Crippen LogP contribution in [-0.4, -0.2) is 17.1 Å². The van der Waals surface area contributed by atoms with Crippen LogP contribution in [0.1, 0.15) is 24.1 Å². The molecule has 102 valence electrons. The minimum atomic E-state index is 0.0219. The largest absolute Gasteiger partial charge is 0.480 e. The van der Waals surface area contributed by atoms with Gasteiger partial charge in [-0.05, 0) is 40.5 Å². The van der Waals surface area contributed by atoms with Crippen LogP contribution in [0.4, 0.5) is 5.95 Å². The number of hydrogen-bond donors (Lipinski definition) is 1. The molecule has 1 heterocycles. The van der Waals surface area contributed by atoms with Crippen LogP contribution in [0.3, 0.4) is 0 Å². The highest BCUT2D eigenvalue weighted by Crippen LogP contribution is 2.24. The van der Waals surface area contributed by atoms with Crippen molar-refractivity contribution in [2.24, 2.45) is 0 Å². The molecule has 1 aromatic carbocycles. The van der Waals surface area contributed by atoms with E-state index < -0.39 is 0 Å². The van der Waals surface area contributed by atoms with E-state index in [0.29, 0.717) is 21.9 Å². The van der Waals surface area contributed by atoms with Crippen molar-refractivity contribution >= 4 is 21.9 Å². The molecule has 1 atom stereocenters. The first-order chi connectivity index (χ1) is 9.63. The Balaban J connectivity index is 2.14. The first kappa shape index (κ1) is 14.3. The molecule has 0 fully saturated rings. The third-order valence-corrected chi connectivity index (χ3v) is 3.33. The maximum Gasteiger partial charge on any atom is 0.232 e. The molecule has 0 aliphatic heterocycles. The molecule has 0 bridgehead atoms. The van der Waals surface area contributed by atoms with Crippen molar-refractivity contribution in [2.45, 2.75) is 13.0 Å². The van der Waals surface area contributed by atoms with Gasteiger partial charge in [-0.2, -0.15) is 10.2 Å². The van der Waals surface area contributed by atoms with E-state index in [1.54, 1.807) is 25.4 Å². The molecule has 2 rings (SSSR count). The lowest BCUT2D eigenvalue weighted by molar-refractivity contribution is 0.394. The molecule has 1 aromatic heterocycles. The molecule has 0 aliphatic carbocycles. The zero-order valence-electron chi connectivity index (χ0n) is 11.1. The molecule has 1 unspecified atom stereocenters. The minimum absolute atomic E-state index is 0.0219. The Bertz CT molecular complexity index is 637. The Hall–Kier alpha value is -2.13. The number of nitrogens with zero attached hydrogens (tertiary/aromatic N) is 3. The molecule has 0 saturated carbocycles. The number of nitriles is 1. The quantitative estimate of drug-likeness (QED) is 0.930. The maximum absolute atomic E-state index is 8.78. The number of rotatable bonds is 4. The number of hydrogen-bond acceptors (Lipinski definition) is 5. The molecule has 0 amide bonds. The summed E-state index contributed by atoms with van der Waals surface area (Å²) in [6.07, 6.45) is 1.64. The van der Waals surface area contributed by atoms with Crippen LogP contribution in [0, 0.1) is 11.3 Å². The summed E-state index contributed by atoms with van der Waals surface area (Å²) in [4.78, 5) is 8.43. The fourth-order valence-electron chi connectivity index (χ4n) is 1.69. The van der Waals surface area contributed by atoms with Gasteiger partial charge in [-0.15, -0.1) is 0 Å². The van der Waals surface area contributed by atoms with Crippen LogP contribution in [0.15, 0.2) is 34.9 Å². The van der Waals surface area contributed by atoms with Crippen LogP contribution in [0.2, 0.25) is 0 Å². The SMILES string of the molecule is COc1nc(NC(C)c2ccc(C#N)cc2)ncc1Br. The molecule has 20 heavy (non-hydrogen) atoms. The highest BCUT2D eigenvalue weighted by atomic mass is 79.9. The predicted octanol–water partition coefficient (Wildman–Crippen LogP) is 3.29. The lowest BCUT2D eigenvalue weighted by atomic mass is 10.1. The number of aromatic nitrogens is 2. The number of nitrogens with one attached hydrogen (secondary N) is 1. The Labute approximate surface area is 125 Å². The smallest absolute Gasteiger partial charge is 0.232 e. The van der Waals surface area contributed by atoms with Crippen molar-refractivity contribution in [1.29, 1.82) is 5.26 Å². The van der Waals surface area contributed by atoms with Gasteiger partial charge in [0.05, 0.1) is 35.5 Å². The summed E-state index contributed by atoms with van der Waals surface area (Å²) < 4.78 is 5.83. The third kappa shape index (κ3) is 3.25. The van der Waals surface area contributed by atoms with Gasteiger partial charge in [0.1, 0.15) is 0 Å². The molecule has 2 aromatic rings. The molecule has 0 radical (unpaired) electrons. The lowest BCUT2D eigenvalue weighted by Crippen LogP contribution is -2.09. The summed E-state index contributed by atoms with van der Waals surface area (Å²) >= 11 is 3.31. The van der Waals surface area contributed by atoms with Gasteiger partial charge >= 0.3 is 0 Å². The second-order valence-electron chi connectivity index (χ2n) is 4.15. The van der Waals surface area contributed by atoms with Crippen LogP contribution >= 0.6 is 15.9 Å². The van der Waals surface area contributed by atoms with E-state index in [1.165, 1.54) is 0 Å². The number of benzene rings is 1. The van der Waals surface area contributed by atoms with E-state index in [-0.39, 0.29) is 6.04 Å². The summed E-state index contributed by atoms with van der Waals surface area (Å²) in [6, 6.07) is 9.51. The number of anilines is 1. The van der Waals surface area contributed by atoms with E-state index in [9.17, 15) is 0 Å². The summed E-state index contributed by atoms with van der Waals surface area (Å²) in [6.45, 7) is 2.00. The van der Waals surface area contributed by atoms with Gasteiger partial charge in [0.25, 0.3) is 0 Å². The Morgan fingerprint density at radius 1 is 1.35 bits per heavy atom. The van der Waals surface area contributed by atoms with Crippen molar-refractivity contribution in [1.82, 2.24) is 9.97 Å². The molecular formula is C14H13BrN4O. The van der Waals surface area contributed by atoms with E-state index in [0.717, 1.165) is 5.56 Å². The van der Waals surface area contributed by atoms with E-state index in [1.807, 2.05) is 19.1 Å². The summed E-state index contributed by atoms with van der Waals surface area (Å²) in [7, 11) is 1.56. The summed E-state index contributed by atoms with van der Waals surface area (Å²) in [5, 5.41) is 12.0. The molecule has 1 N–H and O–H groups in total. The first-order valence-corrected chi connectivity index (χ1v) is 6.76. The van der Waals surface area contributed by atoms with Gasteiger partial charge in [-0.25, -0.2) is 4.98 Å². The van der Waals surface area contributed by atoms with Gasteiger partial charge in [0.2, 0.25) is 11.8 Å². The fourth-order valence-corrected chi connectivity index (χ4v) is 2.04. The highest BCUT2D eigenvalue weighted by Gasteiger charge is 2.09. The fraction of sp³-hybridized carbons (Fsp3) is 0.214. The standard InChI is InChI=1S/C14H13BrN4O/c1-9(11-5-3-10(7-16)4-6-11)18-14-17-8-12(15)13(19-14)20-2/h3-6,8-9H,1-2H3,(H,17,18,19). The second-order valence-corrected chi connectivity index (χ2v) is 5.00.